The van der Waals surface area contributed by atoms with Gasteiger partial charge in [0.2, 0.25) is 0 Å². The van der Waals surface area contributed by atoms with E-state index in [0.29, 0.717) is 0 Å². The minimum absolute atomic E-state index is 0.726. The second-order valence-electron chi connectivity index (χ2n) is 2.45. The third-order valence-corrected chi connectivity index (χ3v) is 3.20. The molecule has 0 radical (unpaired) electrons. The predicted octanol–water partition coefficient (Wildman–Crippen LogP) is 3.52. The second kappa shape index (κ2) is 4.06. The van der Waals surface area contributed by atoms with Gasteiger partial charge in [-0.25, -0.2) is 0 Å². The van der Waals surface area contributed by atoms with Crippen molar-refractivity contribution in [2.24, 2.45) is 0 Å². The van der Waals surface area contributed by atoms with Crippen molar-refractivity contribution in [2.45, 2.75) is 12.3 Å². The molecule has 1 nitrogen and oxygen atoms in total. The molecular weight excluding hydrogens is 282 g/mol. The molecule has 62 valence electrons. The Labute approximate surface area is 88.7 Å². The van der Waals surface area contributed by atoms with Gasteiger partial charge in [0, 0.05) is 9.80 Å². The minimum Gasteiger partial charge on any atom is -0.192 e. The van der Waals surface area contributed by atoms with Crippen molar-refractivity contribution in [3.63, 3.8) is 0 Å². The van der Waals surface area contributed by atoms with Crippen molar-refractivity contribution < 1.29 is 0 Å². The van der Waals surface area contributed by atoms with Crippen LogP contribution in [0.2, 0.25) is 0 Å². The summed E-state index contributed by atoms with van der Waals surface area (Å²) in [4.78, 5) is 0. The molecule has 0 saturated heterocycles. The van der Waals surface area contributed by atoms with E-state index in [2.05, 4.69) is 37.9 Å². The molecule has 1 aromatic carbocycles. The van der Waals surface area contributed by atoms with E-state index in [4.69, 9.17) is 5.26 Å². The lowest BCUT2D eigenvalue weighted by molar-refractivity contribution is 1.29. The molecule has 0 aliphatic heterocycles. The molecule has 1 aromatic rings. The van der Waals surface area contributed by atoms with E-state index in [1.54, 1.807) is 0 Å². The third-order valence-electron chi connectivity index (χ3n) is 1.74. The van der Waals surface area contributed by atoms with Gasteiger partial charge in [0.15, 0.2) is 0 Å². The van der Waals surface area contributed by atoms with E-state index < -0.39 is 0 Å². The lowest BCUT2D eigenvalue weighted by Gasteiger charge is -2.04. The Morgan fingerprint density at radius 2 is 2.17 bits per heavy atom. The van der Waals surface area contributed by atoms with Crippen molar-refractivity contribution in [1.82, 2.24) is 0 Å². The maximum absolute atomic E-state index is 8.86. The summed E-state index contributed by atoms with van der Waals surface area (Å²) in [5.41, 5.74) is 2.81. The Balaban J connectivity index is 3.38. The van der Waals surface area contributed by atoms with Crippen LogP contribution in [0.15, 0.2) is 16.6 Å². The molecule has 0 saturated carbocycles. The van der Waals surface area contributed by atoms with E-state index in [1.807, 2.05) is 19.1 Å². The summed E-state index contributed by atoms with van der Waals surface area (Å²) in [6, 6.07) is 6.11. The Hall–Kier alpha value is -0.330. The predicted molar refractivity (Wildman–Crippen MR) is 56.2 cm³/mol. The number of benzene rings is 1. The number of halogens is 2. The summed E-state index contributed by atoms with van der Waals surface area (Å²) in [7, 11) is 0. The molecule has 0 aromatic heterocycles. The van der Waals surface area contributed by atoms with Crippen LogP contribution in [-0.4, -0.2) is 0 Å². The Kier molecular flexibility index (Phi) is 3.30. The van der Waals surface area contributed by atoms with Gasteiger partial charge < -0.3 is 0 Å². The average molecular weight is 289 g/mol. The minimum atomic E-state index is 0.726. The quantitative estimate of drug-likeness (QED) is 0.726. The van der Waals surface area contributed by atoms with Gasteiger partial charge in [0.25, 0.3) is 0 Å². The number of nitrogens with zero attached hydrogens (tertiary/aromatic N) is 1. The van der Waals surface area contributed by atoms with Crippen LogP contribution in [0.4, 0.5) is 0 Å². The fourth-order valence-electron chi connectivity index (χ4n) is 1.01. The molecule has 0 aliphatic rings. The van der Waals surface area contributed by atoms with Crippen molar-refractivity contribution >= 4 is 31.9 Å². The van der Waals surface area contributed by atoms with E-state index in [1.165, 1.54) is 0 Å². The lowest BCUT2D eigenvalue weighted by atomic mass is 10.0. The normalized spacial score (nSPS) is 9.50. The first-order valence-electron chi connectivity index (χ1n) is 3.44. The Morgan fingerprint density at radius 1 is 1.50 bits per heavy atom. The molecule has 12 heavy (non-hydrogen) atoms. The first-order chi connectivity index (χ1) is 5.70. The molecule has 0 spiro atoms. The largest absolute Gasteiger partial charge is 0.192 e. The molecule has 0 aliphatic carbocycles. The van der Waals surface area contributed by atoms with Gasteiger partial charge >= 0.3 is 0 Å². The summed E-state index contributed by atoms with van der Waals surface area (Å²) in [6.07, 6.45) is 0. The van der Waals surface area contributed by atoms with Crippen molar-refractivity contribution in [1.29, 1.82) is 5.26 Å². The zero-order valence-electron chi connectivity index (χ0n) is 6.56. The molecule has 0 unspecified atom stereocenters. The van der Waals surface area contributed by atoms with Gasteiger partial charge in [-0.05, 0) is 24.1 Å². The highest BCUT2D eigenvalue weighted by Gasteiger charge is 2.06. The van der Waals surface area contributed by atoms with Crippen LogP contribution in [0.1, 0.15) is 16.7 Å². The second-order valence-corrected chi connectivity index (χ2v) is 3.87. The molecule has 0 fully saturated rings. The zero-order chi connectivity index (χ0) is 9.14. The van der Waals surface area contributed by atoms with Gasteiger partial charge in [-0.2, -0.15) is 5.26 Å². The van der Waals surface area contributed by atoms with Gasteiger partial charge in [0.05, 0.1) is 11.6 Å². The summed E-state index contributed by atoms with van der Waals surface area (Å²) in [5, 5.41) is 9.59. The number of hydrogen-bond acceptors (Lipinski definition) is 1. The van der Waals surface area contributed by atoms with Crippen LogP contribution in [0.5, 0.6) is 0 Å². The zero-order valence-corrected chi connectivity index (χ0v) is 9.74. The molecule has 1 rings (SSSR count). The molecule has 3 heteroatoms. The first kappa shape index (κ1) is 9.76. The molecule has 0 amide bonds. The van der Waals surface area contributed by atoms with Crippen molar-refractivity contribution in [2.75, 3.05) is 0 Å². The van der Waals surface area contributed by atoms with Gasteiger partial charge in [-0.1, -0.05) is 37.9 Å². The van der Waals surface area contributed by atoms with E-state index in [0.717, 1.165) is 26.5 Å². The Morgan fingerprint density at radius 3 is 2.67 bits per heavy atom. The monoisotopic (exact) mass is 287 g/mol. The van der Waals surface area contributed by atoms with Crippen LogP contribution in [-0.2, 0) is 5.33 Å². The Bertz CT molecular complexity index is 339. The highest BCUT2D eigenvalue weighted by atomic mass is 79.9. The van der Waals surface area contributed by atoms with E-state index >= 15 is 0 Å². The summed E-state index contributed by atoms with van der Waals surface area (Å²) in [5.74, 6) is 0. The summed E-state index contributed by atoms with van der Waals surface area (Å²) >= 11 is 6.73. The topological polar surface area (TPSA) is 23.8 Å². The fraction of sp³-hybridized carbons (Fsp3) is 0.222. The average Bonchev–Trinajstić information content (AvgIpc) is 2.09. The fourth-order valence-corrected chi connectivity index (χ4v) is 1.81. The van der Waals surface area contributed by atoms with E-state index in [-0.39, 0.29) is 0 Å². The maximum Gasteiger partial charge on any atom is 0.0998 e. The smallest absolute Gasteiger partial charge is 0.0998 e. The highest BCUT2D eigenvalue weighted by Crippen LogP contribution is 2.23. The lowest BCUT2D eigenvalue weighted by Crippen LogP contribution is -1.90. The van der Waals surface area contributed by atoms with Crippen molar-refractivity contribution in [3.8, 4) is 6.07 Å². The molecule has 0 atom stereocenters. The number of nitriles is 1. The van der Waals surface area contributed by atoms with Crippen LogP contribution in [0, 0.1) is 18.3 Å². The van der Waals surface area contributed by atoms with Crippen LogP contribution >= 0.6 is 31.9 Å². The van der Waals surface area contributed by atoms with Gasteiger partial charge in [0.1, 0.15) is 0 Å². The standard InChI is InChI=1S/C9H7Br2N/c1-6-8(5-12)7(4-10)2-3-9(6)11/h2-3H,4H2,1H3. The SMILES string of the molecule is Cc1c(Br)ccc(CBr)c1C#N. The van der Waals surface area contributed by atoms with E-state index in [9.17, 15) is 0 Å². The number of hydrogen-bond donors (Lipinski definition) is 0. The van der Waals surface area contributed by atoms with Crippen molar-refractivity contribution in [3.05, 3.63) is 33.3 Å². The molecule has 0 N–H and O–H groups in total. The summed E-state index contributed by atoms with van der Waals surface area (Å²) in [6.45, 7) is 1.94. The van der Waals surface area contributed by atoms with Gasteiger partial charge in [-0.15, -0.1) is 0 Å². The summed E-state index contributed by atoms with van der Waals surface area (Å²) < 4.78 is 0.990. The molecule has 0 heterocycles. The molecular formula is C9H7Br2N. The molecule has 0 bridgehead atoms. The highest BCUT2D eigenvalue weighted by molar-refractivity contribution is 9.10. The van der Waals surface area contributed by atoms with Gasteiger partial charge in [-0.3, -0.25) is 0 Å². The first-order valence-corrected chi connectivity index (χ1v) is 5.36. The number of alkyl halides is 1. The van der Waals surface area contributed by atoms with Crippen LogP contribution < -0.4 is 0 Å². The maximum atomic E-state index is 8.86. The third kappa shape index (κ3) is 1.70. The number of rotatable bonds is 1. The van der Waals surface area contributed by atoms with Crippen LogP contribution in [0.25, 0.3) is 0 Å². The van der Waals surface area contributed by atoms with Crippen LogP contribution in [0.3, 0.4) is 0 Å².